The zero-order chi connectivity index (χ0) is 14.5. The molecule has 1 unspecified atom stereocenters. The summed E-state index contributed by atoms with van der Waals surface area (Å²) in [6.07, 6.45) is 1.10. The Morgan fingerprint density at radius 3 is 2.42 bits per heavy atom. The van der Waals surface area contributed by atoms with Gasteiger partial charge >= 0.3 is 0 Å². The molecule has 0 radical (unpaired) electrons. The van der Waals surface area contributed by atoms with Gasteiger partial charge in [-0.25, -0.2) is 0 Å². The Hall–Kier alpha value is -1.06. The second-order valence-electron chi connectivity index (χ2n) is 5.42. The monoisotopic (exact) mass is 265 g/mol. The highest BCUT2D eigenvalue weighted by Crippen LogP contribution is 2.32. The number of benzene rings is 1. The molecule has 1 aromatic rings. The van der Waals surface area contributed by atoms with Crippen molar-refractivity contribution in [3.8, 4) is 5.75 Å². The van der Waals surface area contributed by atoms with Crippen molar-refractivity contribution in [3.63, 3.8) is 0 Å². The molecule has 3 nitrogen and oxygen atoms in total. The minimum atomic E-state index is -0.255. The largest absolute Gasteiger partial charge is 0.497 e. The maximum Gasteiger partial charge on any atom is 0.119 e. The van der Waals surface area contributed by atoms with Crippen LogP contribution in [-0.4, -0.2) is 26.4 Å². The minimum Gasteiger partial charge on any atom is -0.497 e. The van der Waals surface area contributed by atoms with Gasteiger partial charge in [0.2, 0.25) is 0 Å². The van der Waals surface area contributed by atoms with Gasteiger partial charge in [0.05, 0.1) is 18.8 Å². The minimum absolute atomic E-state index is 0.170. The van der Waals surface area contributed by atoms with Gasteiger partial charge in [-0.05, 0) is 57.0 Å². The molecule has 1 rings (SSSR count). The first-order chi connectivity index (χ1) is 8.96. The predicted molar refractivity (Wildman–Crippen MR) is 79.9 cm³/mol. The molecular formula is C16H27NO2. The molecule has 0 saturated heterocycles. The molecule has 1 atom stereocenters. The summed E-state index contributed by atoms with van der Waals surface area (Å²) in [6.45, 7) is 9.49. The van der Waals surface area contributed by atoms with Crippen LogP contribution < -0.4 is 10.1 Å². The van der Waals surface area contributed by atoms with Gasteiger partial charge in [0.25, 0.3) is 0 Å². The van der Waals surface area contributed by atoms with E-state index in [1.807, 2.05) is 6.07 Å². The number of rotatable bonds is 7. The van der Waals surface area contributed by atoms with Crippen LogP contribution in [0.3, 0.4) is 0 Å². The van der Waals surface area contributed by atoms with Gasteiger partial charge in [0.1, 0.15) is 5.75 Å². The third kappa shape index (κ3) is 3.95. The van der Waals surface area contributed by atoms with Gasteiger partial charge in [-0.15, -0.1) is 0 Å². The van der Waals surface area contributed by atoms with Crippen molar-refractivity contribution in [2.45, 2.75) is 45.8 Å². The molecule has 0 amide bonds. The number of hydrogen-bond donors (Lipinski definition) is 1. The highest BCUT2D eigenvalue weighted by molar-refractivity contribution is 5.37. The van der Waals surface area contributed by atoms with E-state index in [0.717, 1.165) is 18.7 Å². The summed E-state index contributed by atoms with van der Waals surface area (Å²) in [6, 6.07) is 6.38. The third-order valence-corrected chi connectivity index (χ3v) is 3.61. The standard InChI is InChI=1S/C16H27NO2/c1-7-10-17-15(16(3,4)19-6)14-9-8-13(18-5)11-12(14)2/h8-9,11,15,17H,7,10H2,1-6H3. The lowest BCUT2D eigenvalue weighted by Crippen LogP contribution is -2.41. The quantitative estimate of drug-likeness (QED) is 0.819. The fourth-order valence-corrected chi connectivity index (χ4v) is 2.24. The summed E-state index contributed by atoms with van der Waals surface area (Å²) >= 11 is 0. The Bertz CT molecular complexity index is 402. The molecule has 0 heterocycles. The average molecular weight is 265 g/mol. The van der Waals surface area contributed by atoms with Crippen LogP contribution in [0.25, 0.3) is 0 Å². The van der Waals surface area contributed by atoms with Gasteiger partial charge in [-0.2, -0.15) is 0 Å². The van der Waals surface area contributed by atoms with Crippen LogP contribution in [0, 0.1) is 6.92 Å². The van der Waals surface area contributed by atoms with E-state index in [9.17, 15) is 0 Å². The molecule has 0 fully saturated rings. The Morgan fingerprint density at radius 1 is 1.26 bits per heavy atom. The van der Waals surface area contributed by atoms with E-state index in [0.29, 0.717) is 0 Å². The third-order valence-electron chi connectivity index (χ3n) is 3.61. The smallest absolute Gasteiger partial charge is 0.119 e. The van der Waals surface area contributed by atoms with Crippen LogP contribution >= 0.6 is 0 Å². The van der Waals surface area contributed by atoms with Gasteiger partial charge < -0.3 is 14.8 Å². The Morgan fingerprint density at radius 2 is 1.95 bits per heavy atom. The van der Waals surface area contributed by atoms with Gasteiger partial charge in [0, 0.05) is 7.11 Å². The second-order valence-corrected chi connectivity index (χ2v) is 5.42. The van der Waals surface area contributed by atoms with Crippen molar-refractivity contribution in [2.75, 3.05) is 20.8 Å². The Kier molecular flexibility index (Phi) is 5.83. The van der Waals surface area contributed by atoms with Crippen molar-refractivity contribution >= 4 is 0 Å². The van der Waals surface area contributed by atoms with E-state index in [-0.39, 0.29) is 11.6 Å². The molecule has 0 aliphatic rings. The number of hydrogen-bond acceptors (Lipinski definition) is 3. The maximum atomic E-state index is 5.67. The summed E-state index contributed by atoms with van der Waals surface area (Å²) in [4.78, 5) is 0. The van der Waals surface area contributed by atoms with E-state index in [2.05, 4.69) is 45.1 Å². The van der Waals surface area contributed by atoms with E-state index < -0.39 is 0 Å². The molecule has 108 valence electrons. The van der Waals surface area contributed by atoms with E-state index in [1.54, 1.807) is 14.2 Å². The molecule has 0 bridgehead atoms. The van der Waals surface area contributed by atoms with Crippen molar-refractivity contribution in [2.24, 2.45) is 0 Å². The Balaban J connectivity index is 3.10. The molecule has 0 saturated carbocycles. The van der Waals surface area contributed by atoms with Crippen molar-refractivity contribution in [1.82, 2.24) is 5.32 Å². The van der Waals surface area contributed by atoms with Crippen LogP contribution in [0.4, 0.5) is 0 Å². The normalized spacial score (nSPS) is 13.4. The van der Waals surface area contributed by atoms with Crippen molar-refractivity contribution < 1.29 is 9.47 Å². The zero-order valence-corrected chi connectivity index (χ0v) is 13.0. The Labute approximate surface area is 117 Å². The van der Waals surface area contributed by atoms with Gasteiger partial charge in [-0.3, -0.25) is 0 Å². The molecule has 0 aliphatic heterocycles. The van der Waals surface area contributed by atoms with Crippen LogP contribution in [-0.2, 0) is 4.74 Å². The van der Waals surface area contributed by atoms with Crippen LogP contribution in [0.15, 0.2) is 18.2 Å². The van der Waals surface area contributed by atoms with Crippen LogP contribution in [0.1, 0.15) is 44.4 Å². The molecule has 0 aromatic heterocycles. The van der Waals surface area contributed by atoms with Gasteiger partial charge in [-0.1, -0.05) is 13.0 Å². The highest BCUT2D eigenvalue weighted by atomic mass is 16.5. The van der Waals surface area contributed by atoms with E-state index in [1.165, 1.54) is 11.1 Å². The molecule has 0 spiro atoms. The summed E-state index contributed by atoms with van der Waals surface area (Å²) in [7, 11) is 3.46. The first-order valence-electron chi connectivity index (χ1n) is 6.89. The molecule has 1 N–H and O–H groups in total. The summed E-state index contributed by atoms with van der Waals surface area (Å²) in [5.74, 6) is 0.894. The summed E-state index contributed by atoms with van der Waals surface area (Å²) in [5.41, 5.74) is 2.23. The number of nitrogens with one attached hydrogen (secondary N) is 1. The highest BCUT2D eigenvalue weighted by Gasteiger charge is 2.31. The predicted octanol–water partition coefficient (Wildman–Crippen LogP) is 3.47. The zero-order valence-electron chi connectivity index (χ0n) is 13.0. The molecule has 19 heavy (non-hydrogen) atoms. The molecular weight excluding hydrogens is 238 g/mol. The van der Waals surface area contributed by atoms with Gasteiger partial charge in [0.15, 0.2) is 0 Å². The molecule has 1 aromatic carbocycles. The topological polar surface area (TPSA) is 30.5 Å². The number of aryl methyl sites for hydroxylation is 1. The van der Waals surface area contributed by atoms with Crippen molar-refractivity contribution in [3.05, 3.63) is 29.3 Å². The molecule has 0 aliphatic carbocycles. The fraction of sp³-hybridized carbons (Fsp3) is 0.625. The van der Waals surface area contributed by atoms with E-state index >= 15 is 0 Å². The fourth-order valence-electron chi connectivity index (χ4n) is 2.24. The lowest BCUT2D eigenvalue weighted by molar-refractivity contribution is -0.0112. The van der Waals surface area contributed by atoms with Crippen molar-refractivity contribution in [1.29, 1.82) is 0 Å². The van der Waals surface area contributed by atoms with Crippen LogP contribution in [0.2, 0.25) is 0 Å². The first kappa shape index (κ1) is 16.0. The number of ether oxygens (including phenoxy) is 2. The van der Waals surface area contributed by atoms with E-state index in [4.69, 9.17) is 9.47 Å². The molecule has 3 heteroatoms. The average Bonchev–Trinajstić information content (AvgIpc) is 2.40. The first-order valence-corrected chi connectivity index (χ1v) is 6.89. The second kappa shape index (κ2) is 6.92. The maximum absolute atomic E-state index is 5.67. The number of methoxy groups -OCH3 is 2. The lowest BCUT2D eigenvalue weighted by Gasteiger charge is -2.35. The summed E-state index contributed by atoms with van der Waals surface area (Å²) in [5, 5.41) is 3.59. The summed E-state index contributed by atoms with van der Waals surface area (Å²) < 4.78 is 10.9. The van der Waals surface area contributed by atoms with Crippen LogP contribution in [0.5, 0.6) is 5.75 Å². The SMILES string of the molecule is CCCNC(c1ccc(OC)cc1C)C(C)(C)OC. The lowest BCUT2D eigenvalue weighted by atomic mass is 9.88.